The topological polar surface area (TPSA) is 36.8 Å². The third-order valence-electron chi connectivity index (χ3n) is 2.02. The summed E-state index contributed by atoms with van der Waals surface area (Å²) in [5, 5.41) is 4.93. The van der Waals surface area contributed by atoms with Crippen LogP contribution in [0.2, 0.25) is 0 Å². The number of halogens is 1. The van der Waals surface area contributed by atoms with Crippen molar-refractivity contribution in [3.05, 3.63) is 12.7 Å². The molecular formula is C10H18BrN3S. The van der Waals surface area contributed by atoms with Crippen molar-refractivity contribution < 1.29 is 0 Å². The Balaban J connectivity index is 0.00000196. The van der Waals surface area contributed by atoms with Gasteiger partial charge >= 0.3 is 0 Å². The summed E-state index contributed by atoms with van der Waals surface area (Å²) in [5.74, 6) is 0.920. The van der Waals surface area contributed by atoms with Crippen LogP contribution in [0.3, 0.4) is 0 Å². The van der Waals surface area contributed by atoms with Crippen LogP contribution in [0.1, 0.15) is 26.2 Å². The Morgan fingerprint density at radius 1 is 1.80 bits per heavy atom. The zero-order chi connectivity index (χ0) is 10.2. The predicted molar refractivity (Wildman–Crippen MR) is 75.4 cm³/mol. The molecule has 0 saturated heterocycles. The number of hydrazone groups is 1. The van der Waals surface area contributed by atoms with E-state index in [9.17, 15) is 0 Å². The first kappa shape index (κ1) is 14.7. The molecule has 0 saturated carbocycles. The Morgan fingerprint density at radius 2 is 2.60 bits per heavy atom. The fourth-order valence-electron chi connectivity index (χ4n) is 1.19. The minimum atomic E-state index is 0. The minimum Gasteiger partial charge on any atom is -0.258 e. The van der Waals surface area contributed by atoms with Crippen LogP contribution in [0.15, 0.2) is 22.7 Å². The average molecular weight is 292 g/mol. The fraction of sp³-hybridized carbons (Fsp3) is 0.600. The average Bonchev–Trinajstić information content (AvgIpc) is 2.25. The molecule has 0 fully saturated rings. The zero-order valence-electron chi connectivity index (χ0n) is 8.98. The Labute approximate surface area is 106 Å². The molecule has 3 nitrogen and oxygen atoms in total. The second kappa shape index (κ2) is 8.97. The van der Waals surface area contributed by atoms with E-state index in [1.165, 1.54) is 0 Å². The summed E-state index contributed by atoms with van der Waals surface area (Å²) in [5.41, 5.74) is 2.92. The molecule has 1 atom stereocenters. The van der Waals surface area contributed by atoms with Crippen LogP contribution < -0.4 is 5.43 Å². The molecule has 0 aromatic heterocycles. The van der Waals surface area contributed by atoms with Gasteiger partial charge in [-0.2, -0.15) is 5.10 Å². The van der Waals surface area contributed by atoms with Crippen molar-refractivity contribution >= 4 is 40.1 Å². The molecule has 86 valence electrons. The van der Waals surface area contributed by atoms with E-state index in [1.54, 1.807) is 11.8 Å². The van der Waals surface area contributed by atoms with E-state index < -0.39 is 0 Å². The molecule has 0 aromatic rings. The number of hydrogen-bond donors (Lipinski definition) is 1. The van der Waals surface area contributed by atoms with Gasteiger partial charge in [0, 0.05) is 12.0 Å². The number of thioether (sulfide) groups is 1. The lowest BCUT2D eigenvalue weighted by atomic mass is 10.1. The van der Waals surface area contributed by atoms with Gasteiger partial charge in [0.05, 0.1) is 6.04 Å². The Hall–Kier alpha value is -0.290. The second-order valence-electron chi connectivity index (χ2n) is 3.10. The smallest absolute Gasteiger partial charge is 0.177 e. The van der Waals surface area contributed by atoms with Crippen LogP contribution in [0, 0.1) is 0 Å². The van der Waals surface area contributed by atoms with Crippen molar-refractivity contribution in [3.63, 3.8) is 0 Å². The summed E-state index contributed by atoms with van der Waals surface area (Å²) < 4.78 is 0. The monoisotopic (exact) mass is 291 g/mol. The molecule has 0 bridgehead atoms. The fourth-order valence-corrected chi connectivity index (χ4v) is 1.84. The summed E-state index contributed by atoms with van der Waals surface area (Å²) in [6.45, 7) is 5.88. The van der Waals surface area contributed by atoms with Gasteiger partial charge in [0.1, 0.15) is 0 Å². The first-order valence-electron chi connectivity index (χ1n) is 4.95. The lowest BCUT2D eigenvalue weighted by molar-refractivity contribution is 0.604. The Bertz CT molecular complexity index is 241. The first-order valence-corrected chi connectivity index (χ1v) is 5.94. The van der Waals surface area contributed by atoms with Crippen LogP contribution in [0.5, 0.6) is 0 Å². The van der Waals surface area contributed by atoms with Crippen LogP contribution in [0.25, 0.3) is 0 Å². The molecule has 0 aliphatic carbocycles. The van der Waals surface area contributed by atoms with E-state index in [1.807, 2.05) is 12.3 Å². The van der Waals surface area contributed by atoms with Gasteiger partial charge in [0.15, 0.2) is 5.17 Å². The lowest BCUT2D eigenvalue weighted by Gasteiger charge is -2.13. The van der Waals surface area contributed by atoms with E-state index in [-0.39, 0.29) is 17.0 Å². The number of nitrogens with one attached hydrogen (secondary N) is 1. The number of aliphatic imine (C=N–C) groups is 1. The maximum absolute atomic E-state index is 4.60. The second-order valence-corrected chi connectivity index (χ2v) is 4.11. The van der Waals surface area contributed by atoms with Crippen molar-refractivity contribution in [3.8, 4) is 0 Å². The Morgan fingerprint density at radius 3 is 3.13 bits per heavy atom. The highest BCUT2D eigenvalue weighted by Crippen LogP contribution is 2.11. The van der Waals surface area contributed by atoms with Crippen molar-refractivity contribution in [2.24, 2.45) is 10.1 Å². The largest absolute Gasteiger partial charge is 0.258 e. The van der Waals surface area contributed by atoms with Gasteiger partial charge in [-0.05, 0) is 19.3 Å². The van der Waals surface area contributed by atoms with E-state index in [4.69, 9.17) is 0 Å². The van der Waals surface area contributed by atoms with Crippen molar-refractivity contribution in [2.75, 3.05) is 5.75 Å². The lowest BCUT2D eigenvalue weighted by Crippen LogP contribution is -2.21. The van der Waals surface area contributed by atoms with Crippen molar-refractivity contribution in [2.45, 2.75) is 32.2 Å². The molecule has 1 unspecified atom stereocenters. The minimum absolute atomic E-state index is 0. The molecule has 0 amide bonds. The molecule has 1 N–H and O–H groups in total. The molecule has 1 rings (SSSR count). The van der Waals surface area contributed by atoms with E-state index in [0.717, 1.165) is 30.2 Å². The summed E-state index contributed by atoms with van der Waals surface area (Å²) >= 11 is 1.70. The van der Waals surface area contributed by atoms with E-state index in [2.05, 4.69) is 29.0 Å². The highest BCUT2D eigenvalue weighted by molar-refractivity contribution is 8.93. The molecule has 5 heteroatoms. The predicted octanol–water partition coefficient (Wildman–Crippen LogP) is 2.99. The molecule has 15 heavy (non-hydrogen) atoms. The molecule has 1 heterocycles. The summed E-state index contributed by atoms with van der Waals surface area (Å²) in [4.78, 5) is 4.60. The normalized spacial score (nSPS) is 19.1. The van der Waals surface area contributed by atoms with Gasteiger partial charge in [-0.3, -0.25) is 10.4 Å². The summed E-state index contributed by atoms with van der Waals surface area (Å²) in [6.07, 6.45) is 6.98. The number of allylic oxidation sites excluding steroid dienone is 1. The van der Waals surface area contributed by atoms with Crippen molar-refractivity contribution in [1.82, 2.24) is 5.43 Å². The highest BCUT2D eigenvalue weighted by atomic mass is 79.9. The van der Waals surface area contributed by atoms with Gasteiger partial charge < -0.3 is 0 Å². The SMILES string of the molecule is Br.C=CCCC(CC)N=C1NN=CCS1. The number of hydrogen-bond acceptors (Lipinski definition) is 3. The Kier molecular flexibility index (Phi) is 8.80. The van der Waals surface area contributed by atoms with Gasteiger partial charge in [-0.15, -0.1) is 23.6 Å². The van der Waals surface area contributed by atoms with Gasteiger partial charge in [0.2, 0.25) is 0 Å². The maximum atomic E-state index is 4.60. The van der Waals surface area contributed by atoms with Crippen molar-refractivity contribution in [1.29, 1.82) is 0 Å². The van der Waals surface area contributed by atoms with Crippen LogP contribution in [-0.2, 0) is 0 Å². The van der Waals surface area contributed by atoms with Crippen LogP contribution >= 0.6 is 28.7 Å². The highest BCUT2D eigenvalue weighted by Gasteiger charge is 2.07. The van der Waals surface area contributed by atoms with Crippen LogP contribution in [-0.4, -0.2) is 23.2 Å². The van der Waals surface area contributed by atoms with E-state index in [0.29, 0.717) is 6.04 Å². The molecular weight excluding hydrogens is 274 g/mol. The standard InChI is InChI=1S/C10H17N3S.BrH/c1-3-5-6-9(4-2)12-10-13-11-7-8-14-10;/h3,7,9H,1,4-6,8H2,2H3,(H,12,13);1H. The van der Waals surface area contributed by atoms with Gasteiger partial charge in [-0.25, -0.2) is 0 Å². The molecule has 0 radical (unpaired) electrons. The third kappa shape index (κ3) is 5.99. The molecule has 0 spiro atoms. The molecule has 1 aliphatic heterocycles. The molecule has 0 aromatic carbocycles. The first-order chi connectivity index (χ1) is 6.86. The number of rotatable bonds is 5. The van der Waals surface area contributed by atoms with Gasteiger partial charge in [-0.1, -0.05) is 24.8 Å². The number of amidine groups is 1. The molecule has 1 aliphatic rings. The third-order valence-corrected chi connectivity index (χ3v) is 2.81. The van der Waals surface area contributed by atoms with Gasteiger partial charge in [0.25, 0.3) is 0 Å². The van der Waals surface area contributed by atoms with E-state index >= 15 is 0 Å². The number of nitrogens with zero attached hydrogens (tertiary/aromatic N) is 2. The zero-order valence-corrected chi connectivity index (χ0v) is 11.5. The van der Waals surface area contributed by atoms with Crippen LogP contribution in [0.4, 0.5) is 0 Å². The maximum Gasteiger partial charge on any atom is 0.177 e. The summed E-state index contributed by atoms with van der Waals surface area (Å²) in [7, 11) is 0. The summed E-state index contributed by atoms with van der Waals surface area (Å²) in [6, 6.07) is 0.399. The quantitative estimate of drug-likeness (QED) is 0.791.